The van der Waals surface area contributed by atoms with E-state index in [9.17, 15) is 4.79 Å². The van der Waals surface area contributed by atoms with E-state index >= 15 is 0 Å². The molecule has 21 heavy (non-hydrogen) atoms. The fraction of sp³-hybridized carbons (Fsp3) is 0.400. The number of nitrogens with one attached hydrogen (secondary N) is 2. The quantitative estimate of drug-likeness (QED) is 0.859. The van der Waals surface area contributed by atoms with Crippen molar-refractivity contribution in [2.75, 3.05) is 19.6 Å². The summed E-state index contributed by atoms with van der Waals surface area (Å²) in [5, 5.41) is 6.29. The second-order valence-electron chi connectivity index (χ2n) is 5.28. The van der Waals surface area contributed by atoms with Gasteiger partial charge in [0.1, 0.15) is 12.1 Å². The Balaban J connectivity index is 1.52. The lowest BCUT2D eigenvalue weighted by atomic mass is 10.1. The van der Waals surface area contributed by atoms with Gasteiger partial charge < -0.3 is 10.6 Å². The molecule has 0 aromatic carbocycles. The third-order valence-electron chi connectivity index (χ3n) is 3.78. The predicted octanol–water partition coefficient (Wildman–Crippen LogP) is 0.997. The molecule has 1 aliphatic rings. The number of nitrogens with zero attached hydrogens (tertiary/aromatic N) is 3. The minimum atomic E-state index is -0.0642. The third kappa shape index (κ3) is 3.46. The van der Waals surface area contributed by atoms with Gasteiger partial charge in [0.05, 0.1) is 5.56 Å². The lowest BCUT2D eigenvalue weighted by molar-refractivity contribution is 0.0951. The number of rotatable bonds is 5. The Morgan fingerprint density at radius 3 is 3.10 bits per heavy atom. The standard InChI is InChI=1S/C15H19N5O/c21-15(18-6-4-12-3-5-16-9-12)13-1-2-14(19-10-13)20-8-7-17-11-20/h1-2,7-8,10-12,16H,3-6,9H2,(H,18,21). The fourth-order valence-corrected chi connectivity index (χ4v) is 2.52. The Morgan fingerprint density at radius 2 is 2.43 bits per heavy atom. The van der Waals surface area contributed by atoms with Gasteiger partial charge in [0.15, 0.2) is 0 Å². The highest BCUT2D eigenvalue weighted by molar-refractivity contribution is 5.93. The largest absolute Gasteiger partial charge is 0.352 e. The van der Waals surface area contributed by atoms with Crippen LogP contribution in [0.5, 0.6) is 0 Å². The summed E-state index contributed by atoms with van der Waals surface area (Å²) in [4.78, 5) is 20.3. The molecule has 2 aromatic rings. The van der Waals surface area contributed by atoms with Crippen LogP contribution in [0.2, 0.25) is 0 Å². The molecular formula is C15H19N5O. The van der Waals surface area contributed by atoms with E-state index in [0.717, 1.165) is 25.3 Å². The molecule has 1 atom stereocenters. The Hall–Kier alpha value is -2.21. The van der Waals surface area contributed by atoms with Gasteiger partial charge in [0.2, 0.25) is 0 Å². The molecular weight excluding hydrogens is 266 g/mol. The number of aromatic nitrogens is 3. The zero-order valence-corrected chi connectivity index (χ0v) is 11.8. The second kappa shape index (κ2) is 6.49. The first kappa shape index (κ1) is 13.8. The average molecular weight is 285 g/mol. The highest BCUT2D eigenvalue weighted by atomic mass is 16.1. The van der Waals surface area contributed by atoms with Crippen LogP contribution in [0.15, 0.2) is 37.1 Å². The van der Waals surface area contributed by atoms with Crippen LogP contribution in [-0.2, 0) is 0 Å². The van der Waals surface area contributed by atoms with E-state index in [1.54, 1.807) is 29.4 Å². The molecule has 1 aliphatic heterocycles. The van der Waals surface area contributed by atoms with Crippen LogP contribution in [0, 0.1) is 5.92 Å². The van der Waals surface area contributed by atoms with E-state index < -0.39 is 0 Å². The van der Waals surface area contributed by atoms with Crippen molar-refractivity contribution < 1.29 is 4.79 Å². The summed E-state index contributed by atoms with van der Waals surface area (Å²) in [6.07, 6.45) is 9.02. The van der Waals surface area contributed by atoms with Gasteiger partial charge in [-0.25, -0.2) is 9.97 Å². The molecule has 0 radical (unpaired) electrons. The maximum atomic E-state index is 12.0. The summed E-state index contributed by atoms with van der Waals surface area (Å²) >= 11 is 0. The van der Waals surface area contributed by atoms with Gasteiger partial charge in [-0.1, -0.05) is 0 Å². The summed E-state index contributed by atoms with van der Waals surface area (Å²) in [7, 11) is 0. The van der Waals surface area contributed by atoms with Gasteiger partial charge in [-0.15, -0.1) is 0 Å². The first-order valence-corrected chi connectivity index (χ1v) is 7.26. The number of hydrogen-bond acceptors (Lipinski definition) is 4. The molecule has 6 nitrogen and oxygen atoms in total. The number of pyridine rings is 1. The molecule has 1 fully saturated rings. The predicted molar refractivity (Wildman–Crippen MR) is 79.3 cm³/mol. The monoisotopic (exact) mass is 285 g/mol. The normalized spacial score (nSPS) is 17.8. The van der Waals surface area contributed by atoms with Crippen LogP contribution in [0.4, 0.5) is 0 Å². The van der Waals surface area contributed by atoms with Crippen LogP contribution >= 0.6 is 0 Å². The zero-order valence-electron chi connectivity index (χ0n) is 11.8. The zero-order chi connectivity index (χ0) is 14.5. The SMILES string of the molecule is O=C(NCCC1CCNC1)c1ccc(-n2ccnc2)nc1. The van der Waals surface area contributed by atoms with Crippen LogP contribution < -0.4 is 10.6 Å². The number of imidazole rings is 1. The highest BCUT2D eigenvalue weighted by Crippen LogP contribution is 2.11. The summed E-state index contributed by atoms with van der Waals surface area (Å²) in [6.45, 7) is 2.88. The molecule has 6 heteroatoms. The number of carbonyl (C=O) groups excluding carboxylic acids is 1. The summed E-state index contributed by atoms with van der Waals surface area (Å²) in [6, 6.07) is 3.60. The molecule has 0 spiro atoms. The lowest BCUT2D eigenvalue weighted by Gasteiger charge is -2.09. The Labute approximate surface area is 123 Å². The van der Waals surface area contributed by atoms with Crippen molar-refractivity contribution >= 4 is 5.91 Å². The molecule has 0 bridgehead atoms. The van der Waals surface area contributed by atoms with E-state index in [2.05, 4.69) is 20.6 Å². The van der Waals surface area contributed by atoms with Gasteiger partial charge in [0, 0.05) is 25.1 Å². The van der Waals surface area contributed by atoms with Crippen molar-refractivity contribution in [1.29, 1.82) is 0 Å². The van der Waals surface area contributed by atoms with Crippen LogP contribution in [0.25, 0.3) is 5.82 Å². The fourth-order valence-electron chi connectivity index (χ4n) is 2.52. The number of carbonyl (C=O) groups is 1. The van der Waals surface area contributed by atoms with Crippen molar-refractivity contribution in [2.45, 2.75) is 12.8 Å². The van der Waals surface area contributed by atoms with E-state index in [0.29, 0.717) is 18.0 Å². The third-order valence-corrected chi connectivity index (χ3v) is 3.78. The summed E-state index contributed by atoms with van der Waals surface area (Å²) < 4.78 is 1.80. The van der Waals surface area contributed by atoms with Gasteiger partial charge in [-0.05, 0) is 44.0 Å². The molecule has 3 heterocycles. The molecule has 2 N–H and O–H groups in total. The van der Waals surface area contributed by atoms with Gasteiger partial charge in [0.25, 0.3) is 5.91 Å². The lowest BCUT2D eigenvalue weighted by Crippen LogP contribution is -2.26. The molecule has 1 saturated heterocycles. The molecule has 2 aromatic heterocycles. The van der Waals surface area contributed by atoms with Gasteiger partial charge in [-0.3, -0.25) is 9.36 Å². The minimum Gasteiger partial charge on any atom is -0.352 e. The van der Waals surface area contributed by atoms with Crippen molar-refractivity contribution in [3.05, 3.63) is 42.6 Å². The summed E-state index contributed by atoms with van der Waals surface area (Å²) in [5.74, 6) is 1.37. The van der Waals surface area contributed by atoms with E-state index in [1.165, 1.54) is 6.42 Å². The molecule has 0 saturated carbocycles. The topological polar surface area (TPSA) is 71.8 Å². The van der Waals surface area contributed by atoms with Crippen molar-refractivity contribution in [3.63, 3.8) is 0 Å². The molecule has 0 aliphatic carbocycles. The van der Waals surface area contributed by atoms with Crippen molar-refractivity contribution in [2.24, 2.45) is 5.92 Å². The van der Waals surface area contributed by atoms with Crippen molar-refractivity contribution in [1.82, 2.24) is 25.2 Å². The molecule has 3 rings (SSSR count). The maximum Gasteiger partial charge on any atom is 0.252 e. The van der Waals surface area contributed by atoms with Crippen LogP contribution in [-0.4, -0.2) is 40.1 Å². The Kier molecular flexibility index (Phi) is 4.25. The highest BCUT2D eigenvalue weighted by Gasteiger charge is 2.14. The number of amides is 1. The maximum absolute atomic E-state index is 12.0. The van der Waals surface area contributed by atoms with Gasteiger partial charge in [-0.2, -0.15) is 0 Å². The van der Waals surface area contributed by atoms with Gasteiger partial charge >= 0.3 is 0 Å². The van der Waals surface area contributed by atoms with E-state index in [1.807, 2.05) is 12.3 Å². The Morgan fingerprint density at radius 1 is 1.48 bits per heavy atom. The number of hydrogen-bond donors (Lipinski definition) is 2. The van der Waals surface area contributed by atoms with Crippen LogP contribution in [0.1, 0.15) is 23.2 Å². The summed E-state index contributed by atoms with van der Waals surface area (Å²) in [5.41, 5.74) is 0.586. The molecule has 1 unspecified atom stereocenters. The smallest absolute Gasteiger partial charge is 0.252 e. The second-order valence-corrected chi connectivity index (χ2v) is 5.28. The first-order valence-electron chi connectivity index (χ1n) is 7.26. The molecule has 110 valence electrons. The average Bonchev–Trinajstić information content (AvgIpc) is 3.21. The van der Waals surface area contributed by atoms with Crippen LogP contribution in [0.3, 0.4) is 0 Å². The minimum absolute atomic E-state index is 0.0642. The first-order chi connectivity index (χ1) is 10.3. The van der Waals surface area contributed by atoms with E-state index in [4.69, 9.17) is 0 Å². The Bertz CT molecular complexity index is 573. The van der Waals surface area contributed by atoms with E-state index in [-0.39, 0.29) is 5.91 Å². The van der Waals surface area contributed by atoms with Crippen molar-refractivity contribution in [3.8, 4) is 5.82 Å². The molecule has 1 amide bonds.